The molecule has 1 saturated carbocycles. The molecule has 0 heterocycles. The molecule has 1 aliphatic carbocycles. The van der Waals surface area contributed by atoms with Crippen LogP contribution >= 0.6 is 0 Å². The summed E-state index contributed by atoms with van der Waals surface area (Å²) in [5.74, 6) is 0.880. The summed E-state index contributed by atoms with van der Waals surface area (Å²) >= 11 is 0. The Balaban J connectivity index is 1.99. The molecule has 0 spiro atoms. The lowest BCUT2D eigenvalue weighted by Gasteiger charge is -2.31. The van der Waals surface area contributed by atoms with Crippen LogP contribution in [0.5, 0.6) is 5.75 Å². The van der Waals surface area contributed by atoms with Crippen molar-refractivity contribution >= 4 is 0 Å². The van der Waals surface area contributed by atoms with Gasteiger partial charge in [0.1, 0.15) is 5.75 Å². The van der Waals surface area contributed by atoms with Crippen molar-refractivity contribution in [1.82, 2.24) is 5.32 Å². The highest BCUT2D eigenvalue weighted by atomic mass is 16.5. The maximum absolute atomic E-state index is 9.98. The maximum atomic E-state index is 9.98. The van der Waals surface area contributed by atoms with E-state index in [2.05, 4.69) is 18.3 Å². The number of benzene rings is 1. The van der Waals surface area contributed by atoms with Gasteiger partial charge in [-0.2, -0.15) is 0 Å². The predicted octanol–water partition coefficient (Wildman–Crippen LogP) is 2.65. The minimum atomic E-state index is -0.202. The van der Waals surface area contributed by atoms with E-state index in [0.717, 1.165) is 25.0 Å². The van der Waals surface area contributed by atoms with E-state index in [-0.39, 0.29) is 18.2 Å². The molecule has 3 nitrogen and oxygen atoms in total. The summed E-state index contributed by atoms with van der Waals surface area (Å²) in [4.78, 5) is 0. The molecule has 1 aromatic carbocycles. The SMILES string of the molecule is COc1cccc([C@H](C)NC2CCCCC2O)c1. The molecule has 2 unspecified atom stereocenters. The van der Waals surface area contributed by atoms with Gasteiger partial charge >= 0.3 is 0 Å². The molecular weight excluding hydrogens is 226 g/mol. The van der Waals surface area contributed by atoms with E-state index >= 15 is 0 Å². The van der Waals surface area contributed by atoms with Gasteiger partial charge in [-0.25, -0.2) is 0 Å². The third-order valence-electron chi connectivity index (χ3n) is 3.79. The van der Waals surface area contributed by atoms with Crippen LogP contribution in [0.4, 0.5) is 0 Å². The van der Waals surface area contributed by atoms with Crippen LogP contribution in [0.15, 0.2) is 24.3 Å². The molecule has 3 atom stereocenters. The van der Waals surface area contributed by atoms with Crippen molar-refractivity contribution in [3.63, 3.8) is 0 Å². The minimum Gasteiger partial charge on any atom is -0.497 e. The smallest absolute Gasteiger partial charge is 0.119 e. The molecule has 0 bridgehead atoms. The third-order valence-corrected chi connectivity index (χ3v) is 3.79. The van der Waals surface area contributed by atoms with E-state index in [1.165, 1.54) is 12.0 Å². The molecule has 1 aliphatic rings. The van der Waals surface area contributed by atoms with Crippen molar-refractivity contribution in [3.05, 3.63) is 29.8 Å². The first kappa shape index (κ1) is 13.4. The van der Waals surface area contributed by atoms with Crippen LogP contribution in [0.2, 0.25) is 0 Å². The molecule has 0 radical (unpaired) electrons. The maximum Gasteiger partial charge on any atom is 0.119 e. The van der Waals surface area contributed by atoms with E-state index in [9.17, 15) is 5.11 Å². The molecule has 0 aromatic heterocycles. The van der Waals surface area contributed by atoms with Crippen molar-refractivity contribution in [2.45, 2.75) is 50.8 Å². The summed E-state index contributed by atoms with van der Waals surface area (Å²) < 4.78 is 5.24. The summed E-state index contributed by atoms with van der Waals surface area (Å²) in [6.45, 7) is 2.14. The molecule has 3 heteroatoms. The average molecular weight is 249 g/mol. The summed E-state index contributed by atoms with van der Waals surface area (Å²) in [6.07, 6.45) is 4.14. The quantitative estimate of drug-likeness (QED) is 0.862. The Hall–Kier alpha value is -1.06. The zero-order valence-corrected chi connectivity index (χ0v) is 11.2. The van der Waals surface area contributed by atoms with Gasteiger partial charge in [0.15, 0.2) is 0 Å². The summed E-state index contributed by atoms with van der Waals surface area (Å²) in [5.41, 5.74) is 1.20. The second-order valence-corrected chi connectivity index (χ2v) is 5.12. The molecule has 100 valence electrons. The lowest BCUT2D eigenvalue weighted by Crippen LogP contribution is -2.43. The highest BCUT2D eigenvalue weighted by Gasteiger charge is 2.24. The van der Waals surface area contributed by atoms with Gasteiger partial charge in [-0.15, -0.1) is 0 Å². The number of ether oxygens (including phenoxy) is 1. The van der Waals surface area contributed by atoms with Crippen LogP contribution in [0.25, 0.3) is 0 Å². The van der Waals surface area contributed by atoms with Crippen molar-refractivity contribution in [2.75, 3.05) is 7.11 Å². The van der Waals surface area contributed by atoms with Gasteiger partial charge in [0.25, 0.3) is 0 Å². The molecule has 0 aliphatic heterocycles. The monoisotopic (exact) mass is 249 g/mol. The number of nitrogens with one attached hydrogen (secondary N) is 1. The molecule has 2 N–H and O–H groups in total. The Morgan fingerprint density at radius 3 is 2.83 bits per heavy atom. The summed E-state index contributed by atoms with van der Waals surface area (Å²) in [6, 6.07) is 8.55. The molecule has 1 aromatic rings. The van der Waals surface area contributed by atoms with Crippen LogP contribution in [0.1, 0.15) is 44.2 Å². The van der Waals surface area contributed by atoms with Gasteiger partial charge < -0.3 is 15.2 Å². The van der Waals surface area contributed by atoms with Gasteiger partial charge in [-0.05, 0) is 37.5 Å². The zero-order valence-electron chi connectivity index (χ0n) is 11.2. The number of aliphatic hydroxyl groups excluding tert-OH is 1. The van der Waals surface area contributed by atoms with Crippen LogP contribution < -0.4 is 10.1 Å². The normalized spacial score (nSPS) is 25.7. The number of rotatable bonds is 4. The number of aliphatic hydroxyl groups is 1. The largest absolute Gasteiger partial charge is 0.497 e. The summed E-state index contributed by atoms with van der Waals surface area (Å²) in [5, 5.41) is 13.5. The van der Waals surface area contributed by atoms with Gasteiger partial charge in [0, 0.05) is 12.1 Å². The fourth-order valence-electron chi connectivity index (χ4n) is 2.63. The molecule has 18 heavy (non-hydrogen) atoms. The Labute approximate surface area is 109 Å². The Morgan fingerprint density at radius 2 is 2.11 bits per heavy atom. The highest BCUT2D eigenvalue weighted by Crippen LogP contribution is 2.23. The first-order valence-electron chi connectivity index (χ1n) is 6.79. The van der Waals surface area contributed by atoms with Crippen molar-refractivity contribution in [3.8, 4) is 5.75 Å². The van der Waals surface area contributed by atoms with Crippen molar-refractivity contribution in [2.24, 2.45) is 0 Å². The fourth-order valence-corrected chi connectivity index (χ4v) is 2.63. The van der Waals surface area contributed by atoms with Gasteiger partial charge in [-0.1, -0.05) is 25.0 Å². The Bertz CT molecular complexity index is 381. The second kappa shape index (κ2) is 6.21. The predicted molar refractivity (Wildman–Crippen MR) is 72.8 cm³/mol. The van der Waals surface area contributed by atoms with Crippen molar-refractivity contribution in [1.29, 1.82) is 0 Å². The van der Waals surface area contributed by atoms with Gasteiger partial charge in [-0.3, -0.25) is 0 Å². The Morgan fingerprint density at radius 1 is 1.33 bits per heavy atom. The third kappa shape index (κ3) is 3.24. The van der Waals surface area contributed by atoms with E-state index in [4.69, 9.17) is 4.74 Å². The number of hydrogen-bond donors (Lipinski definition) is 2. The van der Waals surface area contributed by atoms with E-state index in [0.29, 0.717) is 0 Å². The van der Waals surface area contributed by atoms with E-state index in [1.54, 1.807) is 7.11 Å². The van der Waals surface area contributed by atoms with Gasteiger partial charge in [0.05, 0.1) is 13.2 Å². The lowest BCUT2D eigenvalue weighted by molar-refractivity contribution is 0.0859. The topological polar surface area (TPSA) is 41.5 Å². The Kier molecular flexibility index (Phi) is 4.61. The fraction of sp³-hybridized carbons (Fsp3) is 0.600. The zero-order chi connectivity index (χ0) is 13.0. The molecule has 1 fully saturated rings. The van der Waals surface area contributed by atoms with Crippen molar-refractivity contribution < 1.29 is 9.84 Å². The molecule has 0 saturated heterocycles. The van der Waals surface area contributed by atoms with E-state index < -0.39 is 0 Å². The first-order valence-corrected chi connectivity index (χ1v) is 6.79. The van der Waals surface area contributed by atoms with Crippen LogP contribution in [0.3, 0.4) is 0 Å². The molecule has 0 amide bonds. The molecule has 2 rings (SSSR count). The number of hydrogen-bond acceptors (Lipinski definition) is 3. The first-order chi connectivity index (χ1) is 8.70. The van der Waals surface area contributed by atoms with E-state index in [1.807, 2.05) is 18.2 Å². The lowest BCUT2D eigenvalue weighted by atomic mass is 9.91. The molecular formula is C15H23NO2. The summed E-state index contributed by atoms with van der Waals surface area (Å²) in [7, 11) is 1.68. The standard InChI is InChI=1S/C15H23NO2/c1-11(12-6-5-7-13(10-12)18-2)16-14-8-3-4-9-15(14)17/h5-7,10-11,14-17H,3-4,8-9H2,1-2H3/t11-,14?,15?/m0/s1. The average Bonchev–Trinajstić information content (AvgIpc) is 2.41. The van der Waals surface area contributed by atoms with Gasteiger partial charge in [0.2, 0.25) is 0 Å². The van der Waals surface area contributed by atoms with Crippen LogP contribution in [-0.4, -0.2) is 24.4 Å². The van der Waals surface area contributed by atoms with Crippen LogP contribution in [-0.2, 0) is 0 Å². The highest BCUT2D eigenvalue weighted by molar-refractivity contribution is 5.30. The number of methoxy groups -OCH3 is 1. The second-order valence-electron chi connectivity index (χ2n) is 5.12. The minimum absolute atomic E-state index is 0.202. The van der Waals surface area contributed by atoms with Crippen LogP contribution in [0, 0.1) is 0 Å².